The Morgan fingerprint density at radius 2 is 0.517 bits per heavy atom. The van der Waals surface area contributed by atoms with Crippen molar-refractivity contribution in [1.82, 2.24) is 0 Å². The Morgan fingerprint density at radius 3 is 0.793 bits per heavy atom. The molecule has 2 rings (SSSR count). The summed E-state index contributed by atoms with van der Waals surface area (Å²) in [5, 5.41) is 0. The lowest BCUT2D eigenvalue weighted by Crippen LogP contribution is -2.44. The molecule has 2 aromatic carbocycles. The van der Waals surface area contributed by atoms with Crippen molar-refractivity contribution in [3.05, 3.63) is 48.5 Å². The van der Waals surface area contributed by atoms with Gasteiger partial charge in [-0.2, -0.15) is 0 Å². The first kappa shape index (κ1) is 52.0. The van der Waals surface area contributed by atoms with E-state index in [4.69, 9.17) is 9.47 Å². The van der Waals surface area contributed by atoms with Crippen molar-refractivity contribution in [1.29, 1.82) is 0 Å². The highest BCUT2D eigenvalue weighted by molar-refractivity contribution is 5.64. The first-order chi connectivity index (χ1) is 27.5. The quantitative estimate of drug-likeness (QED) is 0.0500. The summed E-state index contributed by atoms with van der Waals surface area (Å²) in [4.78, 5) is 0. The number of hydrogen-bond donors (Lipinski definition) is 0. The molecule has 0 aliphatic heterocycles. The molecule has 0 atom stereocenters. The molecule has 0 N–H and O–H groups in total. The van der Waals surface area contributed by atoms with Crippen molar-refractivity contribution in [2.45, 2.75) is 141 Å². The van der Waals surface area contributed by atoms with E-state index in [-0.39, 0.29) is 0 Å². The Hall–Kier alpha value is -2.12. The van der Waals surface area contributed by atoms with Gasteiger partial charge < -0.3 is 27.4 Å². The number of hydrogen-bond acceptors (Lipinski definition) is 2. The van der Waals surface area contributed by atoms with Gasteiger partial charge in [-0.05, 0) is 73.9 Å². The van der Waals surface area contributed by atoms with Crippen LogP contribution < -0.4 is 9.47 Å². The van der Waals surface area contributed by atoms with Gasteiger partial charge in [-0.15, -0.1) is 0 Å². The first-order valence-corrected chi connectivity index (χ1v) is 24.2. The van der Waals surface area contributed by atoms with Gasteiger partial charge in [-0.1, -0.05) is 114 Å². The molecule has 6 heteroatoms. The second-order valence-electron chi connectivity index (χ2n) is 21.3. The van der Waals surface area contributed by atoms with Crippen LogP contribution in [0.1, 0.15) is 141 Å². The number of nitrogens with zero attached hydrogens (tertiary/aromatic N) is 4. The van der Waals surface area contributed by atoms with Crippen LogP contribution in [-0.4, -0.2) is 141 Å². The second kappa shape index (κ2) is 29.2. The van der Waals surface area contributed by atoms with Gasteiger partial charge in [0.1, 0.15) is 11.5 Å². The van der Waals surface area contributed by atoms with Crippen molar-refractivity contribution in [2.24, 2.45) is 0 Å². The molecule has 6 nitrogen and oxygen atoms in total. The Kier molecular flexibility index (Phi) is 26.2. The monoisotopic (exact) mass is 811 g/mol. The van der Waals surface area contributed by atoms with Crippen molar-refractivity contribution < 1.29 is 27.4 Å². The normalized spacial score (nSPS) is 12.7. The molecular weight excluding hydrogens is 713 g/mol. The maximum Gasteiger partial charge on any atom is 0.119 e. The van der Waals surface area contributed by atoms with Gasteiger partial charge in [0.2, 0.25) is 0 Å². The Balaban J connectivity index is 1.40. The zero-order chi connectivity index (χ0) is 42.6. The smallest absolute Gasteiger partial charge is 0.119 e. The maximum absolute atomic E-state index is 6.07. The van der Waals surface area contributed by atoms with Crippen LogP contribution in [0.2, 0.25) is 0 Å². The maximum atomic E-state index is 6.07. The third-order valence-electron chi connectivity index (χ3n) is 12.1. The minimum atomic E-state index is 0.812. The fourth-order valence-electron chi connectivity index (χ4n) is 8.15. The molecule has 0 aliphatic rings. The highest BCUT2D eigenvalue weighted by Gasteiger charge is 2.18. The van der Waals surface area contributed by atoms with E-state index in [9.17, 15) is 0 Å². The first-order valence-electron chi connectivity index (χ1n) is 24.2. The van der Waals surface area contributed by atoms with E-state index in [1.54, 1.807) is 0 Å². The van der Waals surface area contributed by atoms with Crippen molar-refractivity contribution >= 4 is 0 Å². The third kappa shape index (κ3) is 29.2. The molecule has 0 radical (unpaired) electrons. The molecule has 0 unspecified atom stereocenters. The van der Waals surface area contributed by atoms with Gasteiger partial charge >= 0.3 is 0 Å². The number of unbranched alkanes of at least 4 members (excludes halogenated alkanes) is 18. The summed E-state index contributed by atoms with van der Waals surface area (Å²) >= 11 is 0. The average molecular weight is 811 g/mol. The second-order valence-corrected chi connectivity index (χ2v) is 21.3. The standard InChI is InChI=1S/C52H98N4O2/c1-53(2,3)41-31-45-55(7,8)43-27-23-19-15-11-13-17-21-25-29-47-57-51-37-33-49(34-38-51)50-35-39-52(40-36-50)58-48-30-26-22-18-14-12-16-20-24-28-44-56(9,10)46-32-42-54(4,5)6/h33-40H,11-32,41-48H2,1-10H3/q+4. The number of rotatable bonds is 37. The van der Waals surface area contributed by atoms with Crippen LogP contribution >= 0.6 is 0 Å². The Labute approximate surface area is 361 Å². The number of ether oxygens (including phenoxy) is 2. The topological polar surface area (TPSA) is 18.5 Å². The van der Waals surface area contributed by atoms with E-state index >= 15 is 0 Å². The molecule has 0 spiro atoms. The highest BCUT2D eigenvalue weighted by atomic mass is 16.5. The van der Waals surface area contributed by atoms with Crippen LogP contribution in [0.3, 0.4) is 0 Å². The molecule has 0 fully saturated rings. The van der Waals surface area contributed by atoms with Crippen LogP contribution in [0, 0.1) is 0 Å². The minimum Gasteiger partial charge on any atom is -0.494 e. The van der Waals surface area contributed by atoms with Crippen molar-refractivity contribution in [3.63, 3.8) is 0 Å². The fourth-order valence-corrected chi connectivity index (χ4v) is 8.15. The van der Waals surface area contributed by atoms with Crippen LogP contribution in [0.4, 0.5) is 0 Å². The molecular formula is C52H98N4O2+4. The van der Waals surface area contributed by atoms with E-state index in [1.807, 2.05) is 0 Å². The predicted octanol–water partition coefficient (Wildman–Crippen LogP) is 12.3. The molecule has 0 aromatic heterocycles. The zero-order valence-electron chi connectivity index (χ0n) is 40.4. The van der Waals surface area contributed by atoms with Crippen molar-refractivity contribution in [3.8, 4) is 22.6 Å². The van der Waals surface area contributed by atoms with E-state index in [2.05, 4.69) is 119 Å². The molecule has 2 aromatic rings. The largest absolute Gasteiger partial charge is 0.494 e. The zero-order valence-corrected chi connectivity index (χ0v) is 40.4. The van der Waals surface area contributed by atoms with Crippen LogP contribution in [0.25, 0.3) is 11.1 Å². The molecule has 58 heavy (non-hydrogen) atoms. The summed E-state index contributed by atoms with van der Waals surface area (Å²) in [7, 11) is 23.4. The van der Waals surface area contributed by atoms with Crippen LogP contribution in [-0.2, 0) is 0 Å². The van der Waals surface area contributed by atoms with Gasteiger partial charge in [0.25, 0.3) is 0 Å². The molecule has 0 heterocycles. The lowest BCUT2D eigenvalue weighted by molar-refractivity contribution is -0.902. The Bertz CT molecular complexity index is 1160. The van der Waals surface area contributed by atoms with Crippen molar-refractivity contribution in [2.75, 3.05) is 123 Å². The van der Waals surface area contributed by atoms with Crippen LogP contribution in [0.5, 0.6) is 11.5 Å². The highest BCUT2D eigenvalue weighted by Crippen LogP contribution is 2.25. The van der Waals surface area contributed by atoms with Gasteiger partial charge in [0.15, 0.2) is 0 Å². The Morgan fingerprint density at radius 1 is 0.276 bits per heavy atom. The van der Waals surface area contributed by atoms with Gasteiger partial charge in [-0.3, -0.25) is 0 Å². The molecule has 0 saturated heterocycles. The summed E-state index contributed by atoms with van der Waals surface area (Å²) in [5.74, 6) is 1.95. The summed E-state index contributed by atoms with van der Waals surface area (Å²) < 4.78 is 16.7. The van der Waals surface area contributed by atoms with Crippen LogP contribution in [0.15, 0.2) is 48.5 Å². The summed E-state index contributed by atoms with van der Waals surface area (Å²) in [6, 6.07) is 17.2. The summed E-state index contributed by atoms with van der Waals surface area (Å²) in [5.41, 5.74) is 2.44. The SMILES string of the molecule is C[N+](C)(C)CCC[N+](C)(C)CCCCCCCCCCCCOc1ccc(-c2ccc(OCCCCCCCCCCCC[N+](C)(C)CCC[N+](C)(C)C)cc2)cc1. The summed E-state index contributed by atoms with van der Waals surface area (Å²) in [6.45, 7) is 9.42. The molecule has 0 saturated carbocycles. The number of benzene rings is 2. The van der Waals surface area contributed by atoms with Gasteiger partial charge in [-0.25, -0.2) is 0 Å². The molecule has 0 amide bonds. The van der Waals surface area contributed by atoms with Gasteiger partial charge in [0.05, 0.1) is 123 Å². The molecule has 334 valence electrons. The van der Waals surface area contributed by atoms with E-state index in [0.29, 0.717) is 0 Å². The predicted molar refractivity (Wildman–Crippen MR) is 254 cm³/mol. The average Bonchev–Trinajstić information content (AvgIpc) is 3.14. The van der Waals surface area contributed by atoms with E-state index < -0.39 is 0 Å². The molecule has 0 bridgehead atoms. The fraction of sp³-hybridized carbons (Fsp3) is 0.769. The minimum absolute atomic E-state index is 0.812. The lowest BCUT2D eigenvalue weighted by Gasteiger charge is -2.31. The van der Waals surface area contributed by atoms with E-state index in [1.165, 1.54) is 188 Å². The molecule has 0 aliphatic carbocycles. The van der Waals surface area contributed by atoms with E-state index in [0.717, 1.165) is 46.5 Å². The van der Waals surface area contributed by atoms with Gasteiger partial charge in [0, 0.05) is 12.8 Å². The number of quaternary nitrogens is 4. The third-order valence-corrected chi connectivity index (χ3v) is 12.1. The summed E-state index contributed by atoms with van der Waals surface area (Å²) in [6.07, 6.45) is 29.6. The lowest BCUT2D eigenvalue weighted by atomic mass is 10.1.